The summed E-state index contributed by atoms with van der Waals surface area (Å²) >= 11 is 0. The summed E-state index contributed by atoms with van der Waals surface area (Å²) < 4.78 is 1.82. The highest BCUT2D eigenvalue weighted by Gasteiger charge is 2.46. The minimum absolute atomic E-state index is 0.0208. The smallest absolute Gasteiger partial charge is 0.225 e. The number of aryl methyl sites for hydroxylation is 1. The molecule has 1 amide bonds. The predicted molar refractivity (Wildman–Crippen MR) is 58.4 cm³/mol. The zero-order chi connectivity index (χ0) is 11.3. The lowest BCUT2D eigenvalue weighted by molar-refractivity contribution is -0.129. The van der Waals surface area contributed by atoms with Gasteiger partial charge in [-0.15, -0.1) is 0 Å². The Morgan fingerprint density at radius 3 is 2.81 bits per heavy atom. The van der Waals surface area contributed by atoms with E-state index in [1.807, 2.05) is 22.7 Å². The van der Waals surface area contributed by atoms with Gasteiger partial charge in [0, 0.05) is 31.7 Å². The van der Waals surface area contributed by atoms with E-state index in [4.69, 9.17) is 5.73 Å². The van der Waals surface area contributed by atoms with Gasteiger partial charge in [0.25, 0.3) is 0 Å². The van der Waals surface area contributed by atoms with Gasteiger partial charge < -0.3 is 10.6 Å². The van der Waals surface area contributed by atoms with Crippen molar-refractivity contribution in [3.05, 3.63) is 18.0 Å². The van der Waals surface area contributed by atoms with Gasteiger partial charge in [0.05, 0.1) is 11.7 Å². The van der Waals surface area contributed by atoms with Gasteiger partial charge in [-0.2, -0.15) is 5.10 Å². The quantitative estimate of drug-likeness (QED) is 0.773. The van der Waals surface area contributed by atoms with Crippen LogP contribution >= 0.6 is 0 Å². The number of carbonyl (C=O) groups excluding carboxylic acids is 1. The lowest BCUT2D eigenvalue weighted by Crippen LogP contribution is -2.35. The van der Waals surface area contributed by atoms with Crippen molar-refractivity contribution in [2.24, 2.45) is 12.8 Å². The predicted octanol–water partition coefficient (Wildman–Crippen LogP) is 0.183. The molecule has 1 aliphatic carbocycles. The van der Waals surface area contributed by atoms with Crippen molar-refractivity contribution in [2.45, 2.75) is 37.4 Å². The fourth-order valence-electron chi connectivity index (χ4n) is 2.60. The fourth-order valence-corrected chi connectivity index (χ4v) is 2.60. The topological polar surface area (TPSA) is 64.2 Å². The van der Waals surface area contributed by atoms with Crippen molar-refractivity contribution in [1.29, 1.82) is 0 Å². The number of nitrogens with two attached hydrogens (primary N) is 1. The molecule has 3 rings (SSSR count). The van der Waals surface area contributed by atoms with Crippen molar-refractivity contribution >= 4 is 5.91 Å². The van der Waals surface area contributed by atoms with Crippen LogP contribution in [0.2, 0.25) is 0 Å². The first-order valence-electron chi connectivity index (χ1n) is 5.73. The molecule has 1 aliphatic heterocycles. The monoisotopic (exact) mass is 220 g/mol. The third kappa shape index (κ3) is 1.35. The van der Waals surface area contributed by atoms with E-state index in [9.17, 15) is 4.79 Å². The van der Waals surface area contributed by atoms with Crippen LogP contribution in [0, 0.1) is 0 Å². The maximum Gasteiger partial charge on any atom is 0.225 e. The van der Waals surface area contributed by atoms with Crippen LogP contribution in [-0.4, -0.2) is 32.7 Å². The number of hydrogen-bond acceptors (Lipinski definition) is 3. The second kappa shape index (κ2) is 3.31. The average molecular weight is 220 g/mol. The summed E-state index contributed by atoms with van der Waals surface area (Å²) in [6, 6.07) is 2.30. The minimum atomic E-state index is -0.0940. The summed E-state index contributed by atoms with van der Waals surface area (Å²) in [6.45, 7) is 0. The highest BCUT2D eigenvalue weighted by Crippen LogP contribution is 2.40. The summed E-state index contributed by atoms with van der Waals surface area (Å²) in [5, 5.41) is 4.16. The number of aromatic nitrogens is 2. The van der Waals surface area contributed by atoms with Crippen molar-refractivity contribution in [2.75, 3.05) is 0 Å². The van der Waals surface area contributed by atoms with Crippen molar-refractivity contribution in [3.63, 3.8) is 0 Å². The lowest BCUT2D eigenvalue weighted by Gasteiger charge is -2.26. The highest BCUT2D eigenvalue weighted by molar-refractivity contribution is 5.81. The minimum Gasteiger partial charge on any atom is -0.329 e. The molecule has 86 valence electrons. The van der Waals surface area contributed by atoms with Crippen molar-refractivity contribution < 1.29 is 4.79 Å². The SMILES string of the molecule is Cn1nccc1[C@@H]1[C@@H](N)CC(=O)N1C1CC1. The molecule has 1 saturated heterocycles. The van der Waals surface area contributed by atoms with E-state index in [2.05, 4.69) is 5.10 Å². The molecule has 2 aliphatic rings. The van der Waals surface area contributed by atoms with E-state index in [0.29, 0.717) is 12.5 Å². The second-order valence-corrected chi connectivity index (χ2v) is 4.72. The largest absolute Gasteiger partial charge is 0.329 e. The van der Waals surface area contributed by atoms with Crippen LogP contribution in [0.4, 0.5) is 0 Å². The van der Waals surface area contributed by atoms with Gasteiger partial charge in [-0.05, 0) is 18.9 Å². The van der Waals surface area contributed by atoms with Crippen LogP contribution in [0.15, 0.2) is 12.3 Å². The van der Waals surface area contributed by atoms with Gasteiger partial charge in [-0.3, -0.25) is 9.48 Å². The molecule has 0 aromatic carbocycles. The van der Waals surface area contributed by atoms with Crippen molar-refractivity contribution in [3.8, 4) is 0 Å². The van der Waals surface area contributed by atoms with Gasteiger partial charge >= 0.3 is 0 Å². The van der Waals surface area contributed by atoms with Crippen LogP contribution in [0.5, 0.6) is 0 Å². The standard InChI is InChI=1S/C11H16N4O/c1-14-9(4-5-13-14)11-8(12)6-10(16)15(11)7-2-3-7/h4-5,7-8,11H,2-3,6,12H2,1H3/t8-,11-/m0/s1. The molecule has 2 N–H and O–H groups in total. The summed E-state index contributed by atoms with van der Waals surface area (Å²) in [4.78, 5) is 13.9. The van der Waals surface area contributed by atoms with E-state index >= 15 is 0 Å². The Hall–Kier alpha value is -1.36. The number of rotatable bonds is 2. The molecular weight excluding hydrogens is 204 g/mol. The number of amides is 1. The van der Waals surface area contributed by atoms with E-state index < -0.39 is 0 Å². The van der Waals surface area contributed by atoms with Crippen LogP contribution < -0.4 is 5.73 Å². The van der Waals surface area contributed by atoms with Crippen LogP contribution in [0.3, 0.4) is 0 Å². The maximum absolute atomic E-state index is 11.9. The molecule has 0 radical (unpaired) electrons. The summed E-state index contributed by atoms with van der Waals surface area (Å²) in [5.74, 6) is 0.196. The van der Waals surface area contributed by atoms with Crippen LogP contribution in [0.25, 0.3) is 0 Å². The molecule has 1 saturated carbocycles. The summed E-state index contributed by atoms with van der Waals surface area (Å²) in [7, 11) is 1.90. The number of likely N-dealkylation sites (tertiary alicyclic amines) is 1. The van der Waals surface area contributed by atoms with Gasteiger partial charge in [0.2, 0.25) is 5.91 Å². The van der Waals surface area contributed by atoms with Gasteiger partial charge in [0.15, 0.2) is 0 Å². The first kappa shape index (κ1) is 9.84. The lowest BCUT2D eigenvalue weighted by atomic mass is 10.1. The van der Waals surface area contributed by atoms with Gasteiger partial charge in [0.1, 0.15) is 0 Å². The normalized spacial score (nSPS) is 30.1. The third-order valence-corrected chi connectivity index (χ3v) is 3.51. The second-order valence-electron chi connectivity index (χ2n) is 4.72. The zero-order valence-electron chi connectivity index (χ0n) is 9.34. The molecular formula is C11H16N4O. The Morgan fingerprint density at radius 2 is 2.25 bits per heavy atom. The molecule has 1 aromatic heterocycles. The number of carbonyl (C=O) groups is 1. The van der Waals surface area contributed by atoms with E-state index in [-0.39, 0.29) is 18.0 Å². The Morgan fingerprint density at radius 1 is 1.50 bits per heavy atom. The molecule has 0 unspecified atom stereocenters. The van der Waals surface area contributed by atoms with Crippen molar-refractivity contribution in [1.82, 2.24) is 14.7 Å². The molecule has 2 heterocycles. The molecule has 5 nitrogen and oxygen atoms in total. The van der Waals surface area contributed by atoms with E-state index in [0.717, 1.165) is 18.5 Å². The fraction of sp³-hybridized carbons (Fsp3) is 0.636. The number of nitrogens with zero attached hydrogens (tertiary/aromatic N) is 3. The van der Waals surface area contributed by atoms with Gasteiger partial charge in [-0.1, -0.05) is 0 Å². The van der Waals surface area contributed by atoms with Crippen LogP contribution in [-0.2, 0) is 11.8 Å². The third-order valence-electron chi connectivity index (χ3n) is 3.51. The Balaban J connectivity index is 1.97. The summed E-state index contributed by atoms with van der Waals surface area (Å²) in [5.41, 5.74) is 7.13. The Kier molecular flexibility index (Phi) is 2.04. The average Bonchev–Trinajstić information content (AvgIpc) is 2.91. The number of hydrogen-bond donors (Lipinski definition) is 1. The van der Waals surface area contributed by atoms with Crippen LogP contribution in [0.1, 0.15) is 31.0 Å². The summed E-state index contributed by atoms with van der Waals surface area (Å²) in [6.07, 6.45) is 4.46. The Labute approximate surface area is 94.2 Å². The van der Waals surface area contributed by atoms with E-state index in [1.165, 1.54) is 0 Å². The Bertz CT molecular complexity index is 423. The molecule has 0 bridgehead atoms. The molecule has 2 fully saturated rings. The maximum atomic E-state index is 11.9. The van der Waals surface area contributed by atoms with Gasteiger partial charge in [-0.25, -0.2) is 0 Å². The first-order valence-corrected chi connectivity index (χ1v) is 5.73. The molecule has 5 heteroatoms. The molecule has 16 heavy (non-hydrogen) atoms. The molecule has 2 atom stereocenters. The first-order chi connectivity index (χ1) is 7.68. The van der Waals surface area contributed by atoms with E-state index in [1.54, 1.807) is 6.20 Å². The molecule has 0 spiro atoms. The highest BCUT2D eigenvalue weighted by atomic mass is 16.2. The molecule has 1 aromatic rings. The zero-order valence-corrected chi connectivity index (χ0v) is 9.34.